The molecule has 134 valence electrons. The molecule has 1 aromatic carbocycles. The van der Waals surface area contributed by atoms with Crippen LogP contribution in [0.5, 0.6) is 11.5 Å². The van der Waals surface area contributed by atoms with Gasteiger partial charge in [0.15, 0.2) is 11.5 Å². The fraction of sp³-hybridized carbons (Fsp3) is 0.600. The minimum absolute atomic E-state index is 0. The summed E-state index contributed by atoms with van der Waals surface area (Å²) in [5, 5.41) is 0. The molecule has 3 rings (SSSR count). The van der Waals surface area contributed by atoms with Crippen molar-refractivity contribution >= 4 is 37.2 Å². The van der Waals surface area contributed by atoms with E-state index in [1.54, 1.807) is 0 Å². The molecule has 0 aliphatic carbocycles. The third kappa shape index (κ3) is 6.18. The lowest BCUT2D eigenvalue weighted by Crippen LogP contribution is -2.46. The van der Waals surface area contributed by atoms with Crippen molar-refractivity contribution in [3.8, 4) is 11.5 Å². The lowest BCUT2D eigenvalue weighted by atomic mass is 10.1. The van der Waals surface area contributed by atoms with Crippen molar-refractivity contribution in [2.75, 3.05) is 46.1 Å². The zero-order chi connectivity index (χ0) is 13.8. The minimum atomic E-state index is 0. The Labute approximate surface area is 156 Å². The number of ether oxygens (including phenoxy) is 2. The third-order valence-corrected chi connectivity index (χ3v) is 3.99. The van der Waals surface area contributed by atoms with Crippen molar-refractivity contribution in [3.05, 3.63) is 23.8 Å². The number of nitrogens with two attached hydrogens (primary N) is 1. The summed E-state index contributed by atoms with van der Waals surface area (Å²) < 4.78 is 10.8. The number of fused-ring (bicyclic) bond motifs is 1. The molecule has 23 heavy (non-hydrogen) atoms. The second-order valence-corrected chi connectivity index (χ2v) is 5.45. The topological polar surface area (TPSA) is 51.0 Å². The van der Waals surface area contributed by atoms with Gasteiger partial charge in [-0.1, -0.05) is 6.07 Å². The maximum Gasteiger partial charge on any atom is 0.231 e. The van der Waals surface area contributed by atoms with Crippen LogP contribution in [0.4, 0.5) is 0 Å². The van der Waals surface area contributed by atoms with Crippen LogP contribution in [0.3, 0.4) is 0 Å². The molecular weight excluding hydrogens is 361 g/mol. The van der Waals surface area contributed by atoms with Crippen LogP contribution in [0.2, 0.25) is 0 Å². The van der Waals surface area contributed by atoms with Gasteiger partial charge in [-0.25, -0.2) is 0 Å². The lowest BCUT2D eigenvalue weighted by Gasteiger charge is -2.34. The van der Waals surface area contributed by atoms with E-state index in [4.69, 9.17) is 15.2 Å². The van der Waals surface area contributed by atoms with Crippen LogP contribution < -0.4 is 15.2 Å². The summed E-state index contributed by atoms with van der Waals surface area (Å²) in [6, 6.07) is 6.24. The summed E-state index contributed by atoms with van der Waals surface area (Å²) >= 11 is 0. The Morgan fingerprint density at radius 2 is 1.57 bits per heavy atom. The Kier molecular flexibility index (Phi) is 11.0. The molecule has 0 aromatic heterocycles. The first-order valence-electron chi connectivity index (χ1n) is 7.38. The van der Waals surface area contributed by atoms with Crippen molar-refractivity contribution in [2.45, 2.75) is 13.0 Å². The summed E-state index contributed by atoms with van der Waals surface area (Å²) in [6.45, 7) is 7.79. The van der Waals surface area contributed by atoms with E-state index in [0.29, 0.717) is 6.79 Å². The molecule has 0 bridgehead atoms. The molecule has 0 unspecified atom stereocenters. The van der Waals surface area contributed by atoms with Gasteiger partial charge in [0.25, 0.3) is 0 Å². The SMILES string of the molecule is Cl.Cl.Cl.NCCCN1CCN(Cc2ccc3c(c2)OCO3)CC1. The summed E-state index contributed by atoms with van der Waals surface area (Å²) in [4.78, 5) is 5.00. The fourth-order valence-electron chi connectivity index (χ4n) is 2.78. The Hall–Kier alpha value is -0.430. The van der Waals surface area contributed by atoms with Gasteiger partial charge in [-0.2, -0.15) is 0 Å². The molecule has 0 spiro atoms. The van der Waals surface area contributed by atoms with Crippen molar-refractivity contribution in [2.24, 2.45) is 5.73 Å². The van der Waals surface area contributed by atoms with E-state index < -0.39 is 0 Å². The maximum atomic E-state index is 5.56. The van der Waals surface area contributed by atoms with Gasteiger partial charge in [-0.15, -0.1) is 37.2 Å². The highest BCUT2D eigenvalue weighted by Crippen LogP contribution is 2.32. The van der Waals surface area contributed by atoms with E-state index in [2.05, 4.69) is 21.9 Å². The van der Waals surface area contributed by atoms with E-state index in [0.717, 1.165) is 63.7 Å². The van der Waals surface area contributed by atoms with Crippen LogP contribution in [0, 0.1) is 0 Å². The maximum absolute atomic E-state index is 5.56. The Balaban J connectivity index is 0.00000161. The van der Waals surface area contributed by atoms with Gasteiger partial charge in [-0.3, -0.25) is 4.90 Å². The summed E-state index contributed by atoms with van der Waals surface area (Å²) in [6.07, 6.45) is 1.10. The second kappa shape index (κ2) is 11.2. The molecule has 8 heteroatoms. The third-order valence-electron chi connectivity index (χ3n) is 3.99. The van der Waals surface area contributed by atoms with Crippen LogP contribution in [0.15, 0.2) is 18.2 Å². The van der Waals surface area contributed by atoms with Crippen molar-refractivity contribution < 1.29 is 9.47 Å². The average molecular weight is 387 g/mol. The zero-order valence-corrected chi connectivity index (χ0v) is 15.6. The second-order valence-electron chi connectivity index (χ2n) is 5.45. The monoisotopic (exact) mass is 385 g/mol. The van der Waals surface area contributed by atoms with Gasteiger partial charge < -0.3 is 20.1 Å². The van der Waals surface area contributed by atoms with Gasteiger partial charge in [-0.05, 0) is 37.2 Å². The molecule has 2 N–H and O–H groups in total. The van der Waals surface area contributed by atoms with Crippen molar-refractivity contribution in [3.63, 3.8) is 0 Å². The van der Waals surface area contributed by atoms with E-state index in [9.17, 15) is 0 Å². The quantitative estimate of drug-likeness (QED) is 0.840. The lowest BCUT2D eigenvalue weighted by molar-refractivity contribution is 0.126. The van der Waals surface area contributed by atoms with Crippen LogP contribution >= 0.6 is 37.2 Å². The first kappa shape index (κ1) is 22.6. The highest BCUT2D eigenvalue weighted by atomic mass is 35.5. The normalized spacial score (nSPS) is 16.9. The molecule has 1 saturated heterocycles. The molecule has 0 amide bonds. The molecule has 2 aliphatic rings. The Morgan fingerprint density at radius 3 is 2.26 bits per heavy atom. The first-order valence-corrected chi connectivity index (χ1v) is 7.38. The van der Waals surface area contributed by atoms with Gasteiger partial charge in [0, 0.05) is 32.7 Å². The molecule has 5 nitrogen and oxygen atoms in total. The molecule has 0 saturated carbocycles. The van der Waals surface area contributed by atoms with E-state index in [-0.39, 0.29) is 37.2 Å². The van der Waals surface area contributed by atoms with Gasteiger partial charge in [0.2, 0.25) is 6.79 Å². The molecule has 2 heterocycles. The number of benzene rings is 1. The zero-order valence-electron chi connectivity index (χ0n) is 13.1. The van der Waals surface area contributed by atoms with Crippen molar-refractivity contribution in [1.29, 1.82) is 0 Å². The number of rotatable bonds is 5. The molecule has 0 atom stereocenters. The molecular formula is C15H26Cl3N3O2. The van der Waals surface area contributed by atoms with Crippen LogP contribution in [0.1, 0.15) is 12.0 Å². The molecule has 1 fully saturated rings. The number of hydrogen-bond donors (Lipinski definition) is 1. The van der Waals surface area contributed by atoms with E-state index in [1.165, 1.54) is 5.56 Å². The largest absolute Gasteiger partial charge is 0.454 e. The predicted octanol–water partition coefficient (Wildman–Crippen LogP) is 2.15. The Morgan fingerprint density at radius 1 is 0.913 bits per heavy atom. The van der Waals surface area contributed by atoms with Crippen LogP contribution in [-0.4, -0.2) is 55.9 Å². The first-order chi connectivity index (χ1) is 9.85. The summed E-state index contributed by atoms with van der Waals surface area (Å²) in [5.41, 5.74) is 6.86. The highest BCUT2D eigenvalue weighted by Gasteiger charge is 2.18. The minimum Gasteiger partial charge on any atom is -0.454 e. The van der Waals surface area contributed by atoms with E-state index in [1.807, 2.05) is 6.07 Å². The number of hydrogen-bond acceptors (Lipinski definition) is 5. The van der Waals surface area contributed by atoms with Crippen molar-refractivity contribution in [1.82, 2.24) is 9.80 Å². The van der Waals surface area contributed by atoms with Gasteiger partial charge >= 0.3 is 0 Å². The highest BCUT2D eigenvalue weighted by molar-refractivity contribution is 5.86. The average Bonchev–Trinajstić information content (AvgIpc) is 2.94. The summed E-state index contributed by atoms with van der Waals surface area (Å²) in [7, 11) is 0. The molecule has 1 aromatic rings. The fourth-order valence-corrected chi connectivity index (χ4v) is 2.78. The standard InChI is InChI=1S/C15H23N3O2.3ClH/c16-4-1-5-17-6-8-18(9-7-17)11-13-2-3-14-15(10-13)20-12-19-14;;;/h2-3,10H,1,4-9,11-12,16H2;3*1H. The van der Waals surface area contributed by atoms with Gasteiger partial charge in [0.05, 0.1) is 0 Å². The number of piperazine rings is 1. The van der Waals surface area contributed by atoms with Crippen LogP contribution in [-0.2, 0) is 6.54 Å². The number of nitrogens with zero attached hydrogens (tertiary/aromatic N) is 2. The molecule has 2 aliphatic heterocycles. The Bertz CT molecular complexity index is 458. The van der Waals surface area contributed by atoms with E-state index >= 15 is 0 Å². The predicted molar refractivity (Wildman–Crippen MR) is 99.7 cm³/mol. The summed E-state index contributed by atoms with van der Waals surface area (Å²) in [5.74, 6) is 1.74. The number of halogens is 3. The van der Waals surface area contributed by atoms with Gasteiger partial charge in [0.1, 0.15) is 0 Å². The smallest absolute Gasteiger partial charge is 0.231 e. The molecule has 0 radical (unpaired) electrons. The van der Waals surface area contributed by atoms with Crippen LogP contribution in [0.25, 0.3) is 0 Å².